The topological polar surface area (TPSA) is 79.5 Å². The minimum atomic E-state index is -1.04. The maximum atomic E-state index is 11.9. The van der Waals surface area contributed by atoms with Gasteiger partial charge in [-0.25, -0.2) is 4.79 Å². The van der Waals surface area contributed by atoms with Crippen LogP contribution in [0.15, 0.2) is 10.5 Å². The largest absolute Gasteiger partial charge is 0.480 e. The third kappa shape index (κ3) is 3.12. The number of aryl methyl sites for hydroxylation is 2. The molecule has 1 rings (SSSR count). The van der Waals surface area contributed by atoms with E-state index >= 15 is 0 Å². The molecule has 0 aliphatic heterocycles. The number of hydrogen-bond donors (Lipinski definition) is 2. The number of aliphatic carboxylic acids is 1. The molecule has 0 spiro atoms. The number of carbonyl (C=O) groups excluding carboxylic acids is 1. The third-order valence-corrected chi connectivity index (χ3v) is 2.78. The Morgan fingerprint density at radius 1 is 1.44 bits per heavy atom. The van der Waals surface area contributed by atoms with E-state index in [2.05, 4.69) is 5.32 Å². The molecule has 0 bridgehead atoms. The summed E-state index contributed by atoms with van der Waals surface area (Å²) in [6, 6.07) is 0.723. The highest BCUT2D eigenvalue weighted by Gasteiger charge is 2.25. The van der Waals surface area contributed by atoms with Gasteiger partial charge >= 0.3 is 5.97 Å². The molecule has 1 aromatic rings. The van der Waals surface area contributed by atoms with Crippen LogP contribution in [0.3, 0.4) is 0 Å². The van der Waals surface area contributed by atoms with Gasteiger partial charge in [0.25, 0.3) is 5.91 Å². The summed E-state index contributed by atoms with van der Waals surface area (Å²) in [5.74, 6) is -0.808. The summed E-state index contributed by atoms with van der Waals surface area (Å²) < 4.78 is 5.38. The van der Waals surface area contributed by atoms with Crippen molar-refractivity contribution in [3.8, 4) is 0 Å². The molecule has 1 heterocycles. The van der Waals surface area contributed by atoms with E-state index in [9.17, 15) is 9.59 Å². The zero-order valence-electron chi connectivity index (χ0n) is 11.1. The van der Waals surface area contributed by atoms with Crippen molar-refractivity contribution in [3.63, 3.8) is 0 Å². The smallest absolute Gasteiger partial charge is 0.326 e. The van der Waals surface area contributed by atoms with E-state index in [0.717, 1.165) is 11.3 Å². The highest BCUT2D eigenvalue weighted by molar-refractivity contribution is 5.94. The molecule has 0 fully saturated rings. The van der Waals surface area contributed by atoms with Gasteiger partial charge in [-0.2, -0.15) is 0 Å². The lowest BCUT2D eigenvalue weighted by molar-refractivity contribution is -0.140. The summed E-state index contributed by atoms with van der Waals surface area (Å²) in [5.41, 5.74) is 0.902. The number of carboxylic acids is 1. The van der Waals surface area contributed by atoms with Crippen molar-refractivity contribution in [2.45, 2.75) is 40.2 Å². The lowest BCUT2D eigenvalue weighted by Gasteiger charge is -2.16. The van der Waals surface area contributed by atoms with Crippen molar-refractivity contribution >= 4 is 11.9 Å². The van der Waals surface area contributed by atoms with E-state index in [4.69, 9.17) is 9.52 Å². The van der Waals surface area contributed by atoms with Crippen LogP contribution in [-0.2, 0) is 11.2 Å². The van der Waals surface area contributed by atoms with Gasteiger partial charge in [-0.3, -0.25) is 4.79 Å². The van der Waals surface area contributed by atoms with Gasteiger partial charge in [0.1, 0.15) is 11.8 Å². The number of rotatable bonds is 5. The summed E-state index contributed by atoms with van der Waals surface area (Å²) in [5, 5.41) is 11.5. The number of nitrogens with one attached hydrogen (secondary N) is 1. The fraction of sp³-hybridized carbons (Fsp3) is 0.538. The van der Waals surface area contributed by atoms with Gasteiger partial charge in [-0.05, 0) is 24.5 Å². The lowest BCUT2D eigenvalue weighted by atomic mass is 10.0. The van der Waals surface area contributed by atoms with Gasteiger partial charge in [-0.1, -0.05) is 20.8 Å². The normalized spacial score (nSPS) is 12.5. The molecule has 0 unspecified atom stereocenters. The maximum Gasteiger partial charge on any atom is 0.326 e. The highest BCUT2D eigenvalue weighted by Crippen LogP contribution is 2.15. The summed E-state index contributed by atoms with van der Waals surface area (Å²) in [4.78, 5) is 22.9. The summed E-state index contributed by atoms with van der Waals surface area (Å²) >= 11 is 0. The molecule has 1 atom stereocenters. The summed E-state index contributed by atoms with van der Waals surface area (Å²) in [7, 11) is 0. The van der Waals surface area contributed by atoms with Gasteiger partial charge in [0.15, 0.2) is 5.76 Å². The second-order valence-electron chi connectivity index (χ2n) is 4.60. The molecular formula is C13H19NO4. The van der Waals surface area contributed by atoms with E-state index in [1.54, 1.807) is 19.9 Å². The van der Waals surface area contributed by atoms with Crippen LogP contribution in [0, 0.1) is 12.8 Å². The quantitative estimate of drug-likeness (QED) is 0.841. The highest BCUT2D eigenvalue weighted by atomic mass is 16.4. The Bertz CT molecular complexity index is 448. The lowest BCUT2D eigenvalue weighted by Crippen LogP contribution is -2.44. The molecule has 0 saturated carbocycles. The number of hydrogen-bond acceptors (Lipinski definition) is 3. The number of carbonyl (C=O) groups is 2. The summed E-state index contributed by atoms with van der Waals surface area (Å²) in [6.07, 6.45) is 0.700. The first kappa shape index (κ1) is 14.3. The molecule has 1 aromatic heterocycles. The minimum Gasteiger partial charge on any atom is -0.480 e. The van der Waals surface area contributed by atoms with Crippen LogP contribution in [0.2, 0.25) is 0 Å². The average molecular weight is 253 g/mol. The Balaban J connectivity index is 2.83. The molecule has 0 radical (unpaired) electrons. The summed E-state index contributed by atoms with van der Waals surface area (Å²) in [6.45, 7) is 7.27. The van der Waals surface area contributed by atoms with Gasteiger partial charge < -0.3 is 14.8 Å². The Hall–Kier alpha value is -1.78. The van der Waals surface area contributed by atoms with Crippen LogP contribution in [0.25, 0.3) is 0 Å². The van der Waals surface area contributed by atoms with E-state index in [1.165, 1.54) is 0 Å². The van der Waals surface area contributed by atoms with Gasteiger partial charge in [-0.15, -0.1) is 0 Å². The van der Waals surface area contributed by atoms with Crippen LogP contribution in [0.5, 0.6) is 0 Å². The van der Waals surface area contributed by atoms with Crippen molar-refractivity contribution in [2.24, 2.45) is 5.92 Å². The second-order valence-corrected chi connectivity index (χ2v) is 4.60. The zero-order chi connectivity index (χ0) is 13.9. The van der Waals surface area contributed by atoms with Gasteiger partial charge in [0, 0.05) is 6.42 Å². The average Bonchev–Trinajstić information content (AvgIpc) is 2.66. The minimum absolute atomic E-state index is 0.163. The molecule has 100 valence electrons. The van der Waals surface area contributed by atoms with Crippen molar-refractivity contribution in [1.29, 1.82) is 0 Å². The van der Waals surface area contributed by atoms with Crippen molar-refractivity contribution in [1.82, 2.24) is 5.32 Å². The monoisotopic (exact) mass is 253 g/mol. The van der Waals surface area contributed by atoms with Crippen molar-refractivity contribution in [2.75, 3.05) is 0 Å². The predicted octanol–water partition coefficient (Wildman–Crippen LogP) is 1.99. The van der Waals surface area contributed by atoms with E-state index in [0.29, 0.717) is 6.42 Å². The molecule has 5 nitrogen and oxygen atoms in total. The standard InChI is InChI=1S/C13H19NO4/c1-5-9-8(4)6-10(18-9)12(15)14-11(7(2)3)13(16)17/h6-7,11H,5H2,1-4H3,(H,14,15)(H,16,17)/t11-/m0/s1. The molecule has 0 aromatic carbocycles. The number of furan rings is 1. The van der Waals surface area contributed by atoms with Crippen LogP contribution < -0.4 is 5.32 Å². The van der Waals surface area contributed by atoms with Gasteiger partial charge in [0.05, 0.1) is 0 Å². The first-order valence-corrected chi connectivity index (χ1v) is 5.99. The molecule has 0 aliphatic carbocycles. The zero-order valence-corrected chi connectivity index (χ0v) is 11.1. The van der Waals surface area contributed by atoms with Crippen molar-refractivity contribution in [3.05, 3.63) is 23.2 Å². The van der Waals surface area contributed by atoms with Gasteiger partial charge in [0.2, 0.25) is 0 Å². The maximum absolute atomic E-state index is 11.9. The molecule has 5 heteroatoms. The fourth-order valence-corrected chi connectivity index (χ4v) is 1.71. The van der Waals surface area contributed by atoms with Crippen LogP contribution in [0.1, 0.15) is 42.6 Å². The Kier molecular flexibility index (Phi) is 4.53. The van der Waals surface area contributed by atoms with E-state index in [1.807, 2.05) is 13.8 Å². The Morgan fingerprint density at radius 3 is 2.44 bits per heavy atom. The second kappa shape index (κ2) is 5.71. The number of carboxylic acid groups (broad SMARTS) is 1. The first-order valence-electron chi connectivity index (χ1n) is 5.99. The van der Waals surface area contributed by atoms with Crippen LogP contribution >= 0.6 is 0 Å². The molecular weight excluding hydrogens is 234 g/mol. The van der Waals surface area contributed by atoms with Crippen molar-refractivity contribution < 1.29 is 19.1 Å². The molecule has 2 N–H and O–H groups in total. The van der Waals surface area contributed by atoms with Crippen LogP contribution in [-0.4, -0.2) is 23.0 Å². The molecule has 0 saturated heterocycles. The van der Waals surface area contributed by atoms with E-state index < -0.39 is 17.9 Å². The Labute approximate surface area is 106 Å². The third-order valence-electron chi connectivity index (χ3n) is 2.78. The molecule has 1 amide bonds. The van der Waals surface area contributed by atoms with E-state index in [-0.39, 0.29) is 11.7 Å². The fourth-order valence-electron chi connectivity index (χ4n) is 1.71. The molecule has 18 heavy (non-hydrogen) atoms. The Morgan fingerprint density at radius 2 is 2.06 bits per heavy atom. The van der Waals surface area contributed by atoms with Crippen LogP contribution in [0.4, 0.5) is 0 Å². The SMILES string of the molecule is CCc1oc(C(=O)N[C@H](C(=O)O)C(C)C)cc1C. The molecule has 0 aliphatic rings. The predicted molar refractivity (Wildman–Crippen MR) is 66.6 cm³/mol. The first-order chi connectivity index (χ1) is 8.36. The number of amides is 1.